The molecule has 0 aromatic heterocycles. The zero-order chi connectivity index (χ0) is 34.8. The molecule has 0 fully saturated rings. The van der Waals surface area contributed by atoms with Gasteiger partial charge in [0.15, 0.2) is 6.23 Å². The number of hydrogen-bond acceptors (Lipinski definition) is 7. The van der Waals surface area contributed by atoms with Crippen LogP contribution in [0.3, 0.4) is 0 Å². The molecule has 1 aliphatic rings. The summed E-state index contributed by atoms with van der Waals surface area (Å²) in [5.74, 6) is -0.955. The van der Waals surface area contributed by atoms with Crippen LogP contribution in [0.15, 0.2) is 78.7 Å². The van der Waals surface area contributed by atoms with Gasteiger partial charge < -0.3 is 35.1 Å². The molecule has 4 rings (SSSR count). The molecule has 0 bridgehead atoms. The quantitative estimate of drug-likeness (QED) is 0.188. The summed E-state index contributed by atoms with van der Waals surface area (Å²) in [5, 5.41) is 8.05. The van der Waals surface area contributed by atoms with Crippen molar-refractivity contribution in [1.82, 2.24) is 15.5 Å². The van der Waals surface area contributed by atoms with E-state index in [-0.39, 0.29) is 23.4 Å². The van der Waals surface area contributed by atoms with Gasteiger partial charge in [0.1, 0.15) is 17.3 Å². The number of amides is 2. The fourth-order valence-electron chi connectivity index (χ4n) is 4.75. The number of benzene rings is 3. The molecule has 1 aliphatic heterocycles. The smallest absolute Gasteiger partial charge is 0.416 e. The Morgan fingerprint density at radius 1 is 1.02 bits per heavy atom. The number of nitrogens with one attached hydrogen (secondary N) is 3. The number of methoxy groups -OCH3 is 1. The first-order chi connectivity index (χ1) is 22.9. The molecule has 3 N–H and O–H groups in total. The number of nitrogens with zero attached hydrogens (tertiary/aromatic N) is 1. The average molecular weight is 671 g/mol. The Labute approximate surface area is 276 Å². The summed E-state index contributed by atoms with van der Waals surface area (Å²) in [6.45, 7) is 3.19. The van der Waals surface area contributed by atoms with Gasteiger partial charge in [0.25, 0.3) is 5.91 Å². The van der Waals surface area contributed by atoms with E-state index in [1.54, 1.807) is 44.4 Å². The van der Waals surface area contributed by atoms with Crippen molar-refractivity contribution in [3.8, 4) is 5.75 Å². The molecule has 48 heavy (non-hydrogen) atoms. The highest BCUT2D eigenvalue weighted by atomic mass is 19.4. The predicted octanol–water partition coefficient (Wildman–Crippen LogP) is 5.73. The molecule has 3 aromatic carbocycles. The van der Waals surface area contributed by atoms with Crippen LogP contribution >= 0.6 is 0 Å². The van der Waals surface area contributed by atoms with Crippen molar-refractivity contribution in [3.63, 3.8) is 0 Å². The molecule has 0 spiro atoms. The number of halogens is 4. The van der Waals surface area contributed by atoms with Crippen LogP contribution in [0.5, 0.6) is 5.75 Å². The number of likely N-dealkylation sites (N-methyl/N-ethyl adjacent to an activating group) is 1. The van der Waals surface area contributed by atoms with Crippen molar-refractivity contribution in [3.05, 3.63) is 112 Å². The van der Waals surface area contributed by atoms with Crippen LogP contribution < -0.4 is 20.7 Å². The number of dihydropyridines is 1. The Balaban J connectivity index is 1.43. The van der Waals surface area contributed by atoms with Gasteiger partial charge in [-0.1, -0.05) is 24.3 Å². The van der Waals surface area contributed by atoms with Gasteiger partial charge in [0.05, 0.1) is 32.3 Å². The number of alkyl halides is 3. The summed E-state index contributed by atoms with van der Waals surface area (Å²) < 4.78 is 73.0. The number of hydrogen-bond donors (Lipinski definition) is 3. The number of ether oxygens (including phenoxy) is 3. The van der Waals surface area contributed by atoms with E-state index in [4.69, 9.17) is 14.2 Å². The van der Waals surface area contributed by atoms with Crippen LogP contribution in [0, 0.1) is 5.82 Å². The fraction of sp³-hybridized carbons (Fsp3) is 0.314. The molecule has 2 amide bonds. The summed E-state index contributed by atoms with van der Waals surface area (Å²) >= 11 is 0. The van der Waals surface area contributed by atoms with Crippen molar-refractivity contribution >= 4 is 23.1 Å². The SMILES string of the molecule is CCOC1=CC(OCc2ccc(OC)cc2)NC=C1c1ccc(CC(=O)Nc2cc(C(=O)NCCN(C)C)cc(C(F)(F)F)c2)c(F)c1. The highest BCUT2D eigenvalue weighted by Crippen LogP contribution is 2.33. The lowest BCUT2D eigenvalue weighted by atomic mass is 9.99. The van der Waals surface area contributed by atoms with Crippen molar-refractivity contribution < 1.29 is 41.4 Å². The van der Waals surface area contributed by atoms with Gasteiger partial charge >= 0.3 is 6.18 Å². The van der Waals surface area contributed by atoms with Crippen LogP contribution in [0.25, 0.3) is 5.57 Å². The van der Waals surface area contributed by atoms with E-state index < -0.39 is 42.0 Å². The average Bonchev–Trinajstić information content (AvgIpc) is 3.04. The summed E-state index contributed by atoms with van der Waals surface area (Å²) in [4.78, 5) is 27.2. The number of anilines is 1. The minimum atomic E-state index is -4.76. The second-order valence-electron chi connectivity index (χ2n) is 11.2. The first-order valence-electron chi connectivity index (χ1n) is 15.2. The predicted molar refractivity (Wildman–Crippen MR) is 173 cm³/mol. The Kier molecular flexibility index (Phi) is 12.2. The first kappa shape index (κ1) is 36.0. The summed E-state index contributed by atoms with van der Waals surface area (Å²) in [6, 6.07) is 14.4. The molecule has 0 radical (unpaired) electrons. The molecule has 9 nitrogen and oxygen atoms in total. The van der Waals surface area contributed by atoms with E-state index in [2.05, 4.69) is 16.0 Å². The molecular weight excluding hydrogens is 632 g/mol. The third-order valence-electron chi connectivity index (χ3n) is 7.21. The van der Waals surface area contributed by atoms with Gasteiger partial charge in [-0.3, -0.25) is 9.59 Å². The normalized spacial score (nSPS) is 14.5. The van der Waals surface area contributed by atoms with Crippen LogP contribution in [0.2, 0.25) is 0 Å². The minimum absolute atomic E-state index is 0.0249. The van der Waals surface area contributed by atoms with E-state index in [1.807, 2.05) is 31.2 Å². The Morgan fingerprint density at radius 2 is 1.77 bits per heavy atom. The van der Waals surface area contributed by atoms with Crippen LogP contribution in [0.4, 0.5) is 23.2 Å². The third kappa shape index (κ3) is 10.1. The van der Waals surface area contributed by atoms with E-state index in [0.29, 0.717) is 42.7 Å². The van der Waals surface area contributed by atoms with Gasteiger partial charge in [-0.2, -0.15) is 13.2 Å². The molecule has 3 aromatic rings. The summed E-state index contributed by atoms with van der Waals surface area (Å²) in [6.07, 6.45) is -2.33. The van der Waals surface area contributed by atoms with Crippen molar-refractivity contribution in [2.75, 3.05) is 46.2 Å². The van der Waals surface area contributed by atoms with Crippen LogP contribution in [0.1, 0.15) is 39.5 Å². The van der Waals surface area contributed by atoms with Crippen molar-refractivity contribution in [1.29, 1.82) is 0 Å². The maximum absolute atomic E-state index is 15.3. The molecule has 256 valence electrons. The molecule has 13 heteroatoms. The minimum Gasteiger partial charge on any atom is -0.497 e. The number of carbonyl (C=O) groups is 2. The van der Waals surface area contributed by atoms with Gasteiger partial charge in [0, 0.05) is 42.2 Å². The summed E-state index contributed by atoms with van der Waals surface area (Å²) in [5.41, 5.74) is 0.395. The van der Waals surface area contributed by atoms with E-state index in [1.165, 1.54) is 12.1 Å². The number of allylic oxidation sites excluding steroid dienone is 1. The molecular formula is C35H38F4N4O5. The van der Waals surface area contributed by atoms with Crippen molar-refractivity contribution in [2.24, 2.45) is 0 Å². The standard InChI is InChI=1S/C35H38F4N4O5/c1-5-47-31-19-33(48-21-22-6-10-28(46-4)11-7-22)41-20-29(31)23-8-9-24(30(36)16-23)17-32(44)42-27-15-25(14-26(18-27)35(37,38)39)34(45)40-12-13-43(2)3/h6-11,14-16,18-20,33,41H,5,12-13,17,21H2,1-4H3,(H,40,45)(H,42,44). The highest BCUT2D eigenvalue weighted by molar-refractivity contribution is 5.98. The lowest BCUT2D eigenvalue weighted by Gasteiger charge is -2.24. The maximum atomic E-state index is 15.3. The van der Waals surface area contributed by atoms with Gasteiger partial charge in [0.2, 0.25) is 5.91 Å². The maximum Gasteiger partial charge on any atom is 0.416 e. The number of rotatable bonds is 14. The molecule has 1 heterocycles. The second kappa shape index (κ2) is 16.3. The van der Waals surface area contributed by atoms with Crippen molar-refractivity contribution in [2.45, 2.75) is 32.4 Å². The summed E-state index contributed by atoms with van der Waals surface area (Å²) in [7, 11) is 5.17. The molecule has 0 saturated heterocycles. The monoisotopic (exact) mass is 670 g/mol. The largest absolute Gasteiger partial charge is 0.497 e. The lowest BCUT2D eigenvalue weighted by molar-refractivity contribution is -0.137. The van der Waals surface area contributed by atoms with Crippen LogP contribution in [-0.4, -0.2) is 63.8 Å². The molecule has 0 saturated carbocycles. The Morgan fingerprint density at radius 3 is 2.42 bits per heavy atom. The topological polar surface area (TPSA) is 101 Å². The van der Waals surface area contributed by atoms with Gasteiger partial charge in [-0.25, -0.2) is 4.39 Å². The molecule has 1 atom stereocenters. The molecule has 1 unspecified atom stereocenters. The molecule has 0 aliphatic carbocycles. The van der Waals surface area contributed by atoms with Gasteiger partial charge in [-0.15, -0.1) is 0 Å². The van der Waals surface area contributed by atoms with E-state index >= 15 is 4.39 Å². The Hall–Kier alpha value is -4.88. The van der Waals surface area contributed by atoms with E-state index in [9.17, 15) is 22.8 Å². The fourth-order valence-corrected chi connectivity index (χ4v) is 4.75. The van der Waals surface area contributed by atoms with Crippen LogP contribution in [-0.2, 0) is 33.5 Å². The zero-order valence-electron chi connectivity index (χ0n) is 27.0. The van der Waals surface area contributed by atoms with Gasteiger partial charge in [-0.05, 0) is 74.1 Å². The first-order valence-corrected chi connectivity index (χ1v) is 15.2. The number of carbonyl (C=O) groups excluding carboxylic acids is 2. The lowest BCUT2D eigenvalue weighted by Crippen LogP contribution is -2.31. The Bertz CT molecular complexity index is 1660. The van der Waals surface area contributed by atoms with E-state index in [0.717, 1.165) is 23.4 Å². The third-order valence-corrected chi connectivity index (χ3v) is 7.21. The zero-order valence-corrected chi connectivity index (χ0v) is 27.0. The second-order valence-corrected chi connectivity index (χ2v) is 11.2. The highest BCUT2D eigenvalue weighted by Gasteiger charge is 2.32.